The molecule has 1 rings (SSSR count). The van der Waals surface area contributed by atoms with E-state index in [2.05, 4.69) is 39.6 Å². The minimum Gasteiger partial charge on any atom is -0.330 e. The molecule has 20 heavy (non-hydrogen) atoms. The van der Waals surface area contributed by atoms with Crippen LogP contribution in [0.15, 0.2) is 0 Å². The van der Waals surface area contributed by atoms with E-state index >= 15 is 0 Å². The van der Waals surface area contributed by atoms with E-state index < -0.39 is 0 Å². The summed E-state index contributed by atoms with van der Waals surface area (Å²) >= 11 is 0. The van der Waals surface area contributed by atoms with Crippen molar-refractivity contribution in [1.82, 2.24) is 4.90 Å². The van der Waals surface area contributed by atoms with Crippen LogP contribution in [0.1, 0.15) is 72.6 Å². The van der Waals surface area contributed by atoms with E-state index in [9.17, 15) is 0 Å². The van der Waals surface area contributed by atoms with E-state index in [1.807, 2.05) is 0 Å². The highest BCUT2D eigenvalue weighted by Gasteiger charge is 2.37. The van der Waals surface area contributed by atoms with E-state index in [1.54, 1.807) is 0 Å². The lowest BCUT2D eigenvalue weighted by Crippen LogP contribution is -2.47. The SMILES string of the molecule is CCCCCN(C)C1CC(C(C)(C)CC)CCC1CN. The van der Waals surface area contributed by atoms with Gasteiger partial charge in [-0.1, -0.05) is 47.0 Å². The van der Waals surface area contributed by atoms with E-state index in [0.717, 1.165) is 12.5 Å². The second-order valence-corrected chi connectivity index (χ2v) is 7.60. The first-order valence-corrected chi connectivity index (χ1v) is 8.86. The summed E-state index contributed by atoms with van der Waals surface area (Å²) in [6, 6.07) is 0.710. The molecule has 0 aromatic rings. The maximum Gasteiger partial charge on any atom is 0.0135 e. The molecule has 0 aromatic carbocycles. The van der Waals surface area contributed by atoms with Crippen LogP contribution in [0.5, 0.6) is 0 Å². The minimum atomic E-state index is 0.488. The molecule has 1 aliphatic carbocycles. The Morgan fingerprint density at radius 3 is 2.40 bits per heavy atom. The normalized spacial score (nSPS) is 28.1. The molecular formula is C18H38N2. The van der Waals surface area contributed by atoms with Crippen LogP contribution in [0.2, 0.25) is 0 Å². The molecule has 1 aliphatic rings. The molecule has 0 heterocycles. The van der Waals surface area contributed by atoms with Crippen LogP contribution in [0, 0.1) is 17.3 Å². The lowest BCUT2D eigenvalue weighted by Gasteiger charge is -2.46. The zero-order valence-electron chi connectivity index (χ0n) is 14.6. The van der Waals surface area contributed by atoms with Crippen LogP contribution in [0.4, 0.5) is 0 Å². The van der Waals surface area contributed by atoms with Gasteiger partial charge in [0.05, 0.1) is 0 Å². The van der Waals surface area contributed by atoms with Gasteiger partial charge in [-0.05, 0) is 63.1 Å². The van der Waals surface area contributed by atoms with Crippen molar-refractivity contribution in [3.63, 3.8) is 0 Å². The van der Waals surface area contributed by atoms with Gasteiger partial charge in [-0.25, -0.2) is 0 Å². The van der Waals surface area contributed by atoms with Crippen LogP contribution in [-0.2, 0) is 0 Å². The molecule has 0 aliphatic heterocycles. The number of nitrogens with zero attached hydrogens (tertiary/aromatic N) is 1. The first-order chi connectivity index (χ1) is 9.46. The summed E-state index contributed by atoms with van der Waals surface area (Å²) in [7, 11) is 2.32. The quantitative estimate of drug-likeness (QED) is 0.673. The van der Waals surface area contributed by atoms with Crippen molar-refractivity contribution in [2.24, 2.45) is 23.0 Å². The second kappa shape index (κ2) is 8.38. The van der Waals surface area contributed by atoms with Crippen LogP contribution in [-0.4, -0.2) is 31.1 Å². The molecule has 1 saturated carbocycles. The Morgan fingerprint density at radius 1 is 1.15 bits per heavy atom. The Bertz CT molecular complexity index is 262. The lowest BCUT2D eigenvalue weighted by atomic mass is 9.65. The molecular weight excluding hydrogens is 244 g/mol. The largest absolute Gasteiger partial charge is 0.330 e. The van der Waals surface area contributed by atoms with Crippen LogP contribution in [0.25, 0.3) is 0 Å². The van der Waals surface area contributed by atoms with E-state index in [4.69, 9.17) is 5.73 Å². The van der Waals surface area contributed by atoms with E-state index in [0.29, 0.717) is 17.4 Å². The summed E-state index contributed by atoms with van der Waals surface area (Å²) < 4.78 is 0. The van der Waals surface area contributed by atoms with Crippen LogP contribution >= 0.6 is 0 Å². The third-order valence-corrected chi connectivity index (χ3v) is 5.96. The summed E-state index contributed by atoms with van der Waals surface area (Å²) in [5.41, 5.74) is 6.53. The molecule has 0 saturated heterocycles. The van der Waals surface area contributed by atoms with Gasteiger partial charge in [0.1, 0.15) is 0 Å². The molecule has 0 aromatic heterocycles. The zero-order valence-corrected chi connectivity index (χ0v) is 14.6. The van der Waals surface area contributed by atoms with E-state index in [1.165, 1.54) is 51.5 Å². The number of nitrogens with two attached hydrogens (primary N) is 1. The molecule has 1 fully saturated rings. The number of hydrogen-bond acceptors (Lipinski definition) is 2. The molecule has 0 spiro atoms. The summed E-state index contributed by atoms with van der Waals surface area (Å²) in [4.78, 5) is 2.62. The van der Waals surface area contributed by atoms with Gasteiger partial charge < -0.3 is 10.6 Å². The minimum absolute atomic E-state index is 0.488. The highest BCUT2D eigenvalue weighted by atomic mass is 15.1. The standard InChI is InChI=1S/C18H38N2/c1-6-8-9-12-20(5)17-13-16(18(3,4)7-2)11-10-15(17)14-19/h15-17H,6-14,19H2,1-5H3. The van der Waals surface area contributed by atoms with Crippen molar-refractivity contribution < 1.29 is 0 Å². The highest BCUT2D eigenvalue weighted by Crippen LogP contribution is 2.43. The van der Waals surface area contributed by atoms with Crippen molar-refractivity contribution in [2.75, 3.05) is 20.1 Å². The predicted molar refractivity (Wildman–Crippen MR) is 89.9 cm³/mol. The Kier molecular flexibility index (Phi) is 7.53. The molecule has 0 amide bonds. The maximum absolute atomic E-state index is 6.05. The molecule has 0 bridgehead atoms. The fourth-order valence-electron chi connectivity index (χ4n) is 3.80. The van der Waals surface area contributed by atoms with Crippen molar-refractivity contribution >= 4 is 0 Å². The monoisotopic (exact) mass is 282 g/mol. The van der Waals surface area contributed by atoms with Gasteiger partial charge in [-0.3, -0.25) is 0 Å². The van der Waals surface area contributed by atoms with Gasteiger partial charge in [0.15, 0.2) is 0 Å². The Labute approximate surface area is 127 Å². The van der Waals surface area contributed by atoms with Gasteiger partial charge in [0, 0.05) is 6.04 Å². The fourth-order valence-corrected chi connectivity index (χ4v) is 3.80. The Balaban J connectivity index is 2.63. The molecule has 2 heteroatoms. The zero-order chi connectivity index (χ0) is 15.2. The smallest absolute Gasteiger partial charge is 0.0135 e. The van der Waals surface area contributed by atoms with Gasteiger partial charge >= 0.3 is 0 Å². The lowest BCUT2D eigenvalue weighted by molar-refractivity contribution is 0.0494. The number of unbranched alkanes of at least 4 members (excludes halogenated alkanes) is 2. The van der Waals surface area contributed by atoms with Crippen LogP contribution in [0.3, 0.4) is 0 Å². The van der Waals surface area contributed by atoms with Crippen molar-refractivity contribution in [1.29, 1.82) is 0 Å². The highest BCUT2D eigenvalue weighted by molar-refractivity contribution is 4.91. The van der Waals surface area contributed by atoms with Gasteiger partial charge in [-0.2, -0.15) is 0 Å². The van der Waals surface area contributed by atoms with Crippen molar-refractivity contribution in [3.8, 4) is 0 Å². The molecule has 0 radical (unpaired) electrons. The summed E-state index contributed by atoms with van der Waals surface area (Å²) in [6.45, 7) is 11.6. The Hall–Kier alpha value is -0.0800. The van der Waals surface area contributed by atoms with Crippen LogP contribution < -0.4 is 5.73 Å². The number of rotatable bonds is 8. The Morgan fingerprint density at radius 2 is 1.85 bits per heavy atom. The average molecular weight is 283 g/mol. The topological polar surface area (TPSA) is 29.3 Å². The first kappa shape index (κ1) is 18.0. The third kappa shape index (κ3) is 4.73. The predicted octanol–water partition coefficient (Wildman–Crippen LogP) is 4.29. The second-order valence-electron chi connectivity index (χ2n) is 7.60. The number of hydrogen-bond donors (Lipinski definition) is 1. The summed E-state index contributed by atoms with van der Waals surface area (Å²) in [5.74, 6) is 1.58. The maximum atomic E-state index is 6.05. The van der Waals surface area contributed by atoms with Crippen molar-refractivity contribution in [3.05, 3.63) is 0 Å². The molecule has 2 nitrogen and oxygen atoms in total. The third-order valence-electron chi connectivity index (χ3n) is 5.96. The van der Waals surface area contributed by atoms with Gasteiger partial charge in [-0.15, -0.1) is 0 Å². The first-order valence-electron chi connectivity index (χ1n) is 8.86. The summed E-state index contributed by atoms with van der Waals surface area (Å²) in [6.07, 6.45) is 9.35. The fraction of sp³-hybridized carbons (Fsp3) is 1.00. The molecule has 3 atom stereocenters. The summed E-state index contributed by atoms with van der Waals surface area (Å²) in [5, 5.41) is 0. The van der Waals surface area contributed by atoms with E-state index in [-0.39, 0.29) is 0 Å². The molecule has 2 N–H and O–H groups in total. The molecule has 120 valence electrons. The van der Waals surface area contributed by atoms with Gasteiger partial charge in [0.25, 0.3) is 0 Å². The average Bonchev–Trinajstić information content (AvgIpc) is 2.46. The van der Waals surface area contributed by atoms with Gasteiger partial charge in [0.2, 0.25) is 0 Å². The molecule has 3 unspecified atom stereocenters. The van der Waals surface area contributed by atoms with Crippen molar-refractivity contribution in [2.45, 2.75) is 78.7 Å².